The first-order valence-corrected chi connectivity index (χ1v) is 14.1. The second-order valence-corrected chi connectivity index (χ2v) is 10.1. The van der Waals surface area contributed by atoms with E-state index in [0.717, 1.165) is 44.0 Å². The molecule has 1 atom stereocenters. The van der Waals surface area contributed by atoms with Gasteiger partial charge in [-0.2, -0.15) is 5.10 Å². The van der Waals surface area contributed by atoms with Crippen molar-refractivity contribution in [2.45, 2.75) is 40.2 Å². The quantitative estimate of drug-likeness (QED) is 0.223. The van der Waals surface area contributed by atoms with E-state index in [4.69, 9.17) is 5.10 Å². The van der Waals surface area contributed by atoms with Crippen molar-refractivity contribution in [2.75, 3.05) is 41.0 Å². The summed E-state index contributed by atoms with van der Waals surface area (Å²) in [6.07, 6.45) is 5.24. The highest BCUT2D eigenvalue weighted by Gasteiger charge is 2.29. The lowest BCUT2D eigenvalue weighted by molar-refractivity contribution is 0.707. The van der Waals surface area contributed by atoms with Gasteiger partial charge in [-0.25, -0.2) is 0 Å². The van der Waals surface area contributed by atoms with Crippen molar-refractivity contribution >= 4 is 51.4 Å². The molecular weight excluding hydrogens is 555 g/mol. The molecule has 0 amide bonds. The number of anilines is 3. The topological polar surface area (TPSA) is 22.1 Å². The van der Waals surface area contributed by atoms with E-state index in [0.29, 0.717) is 0 Å². The zero-order chi connectivity index (χ0) is 25.5. The average Bonchev–Trinajstić information content (AvgIpc) is 3.34. The summed E-state index contributed by atoms with van der Waals surface area (Å²) in [5.74, 6) is 0. The number of hydrogen-bond acceptors (Lipinski definition) is 4. The molecule has 3 aromatic rings. The molecule has 1 heterocycles. The van der Waals surface area contributed by atoms with E-state index in [1.165, 1.54) is 26.1 Å². The molecule has 0 fully saturated rings. The maximum atomic E-state index is 5.09. The summed E-state index contributed by atoms with van der Waals surface area (Å²) >= 11 is 2.42. The molecule has 0 aliphatic carbocycles. The van der Waals surface area contributed by atoms with Gasteiger partial charge in [0.2, 0.25) is 0 Å². The second-order valence-electron chi connectivity index (χ2n) is 8.97. The number of allylic oxidation sites excluding steroid dienone is 1. The van der Waals surface area contributed by atoms with Crippen molar-refractivity contribution < 1.29 is 0 Å². The molecule has 5 heteroatoms. The molecule has 0 bridgehead atoms. The van der Waals surface area contributed by atoms with Gasteiger partial charge in [0, 0.05) is 47.5 Å². The maximum absolute atomic E-state index is 5.09. The zero-order valence-corrected chi connectivity index (χ0v) is 24.0. The van der Waals surface area contributed by atoms with Gasteiger partial charge < -0.3 is 9.80 Å². The molecule has 0 N–H and O–H groups in total. The SMILES string of the molecule is CCN(CC)c1ccc(C=CC2=NN(c3ccccc3I)C(c3ccc(N(CC)CC)cc3)C2)cc1. The Labute approximate surface area is 230 Å². The molecule has 0 spiro atoms. The van der Waals surface area contributed by atoms with E-state index in [1.54, 1.807) is 0 Å². The van der Waals surface area contributed by atoms with Gasteiger partial charge in [-0.15, -0.1) is 0 Å². The molecule has 1 aliphatic rings. The Kier molecular flexibility index (Phi) is 9.08. The summed E-state index contributed by atoms with van der Waals surface area (Å²) in [7, 11) is 0. The predicted molar refractivity (Wildman–Crippen MR) is 165 cm³/mol. The van der Waals surface area contributed by atoms with Crippen LogP contribution in [-0.4, -0.2) is 31.9 Å². The summed E-state index contributed by atoms with van der Waals surface area (Å²) in [4.78, 5) is 4.75. The lowest BCUT2D eigenvalue weighted by atomic mass is 10.00. The number of para-hydroxylation sites is 1. The Hall–Kier alpha value is -2.80. The highest BCUT2D eigenvalue weighted by atomic mass is 127. The molecule has 36 heavy (non-hydrogen) atoms. The Morgan fingerprint density at radius 1 is 0.778 bits per heavy atom. The second kappa shape index (κ2) is 12.4. The van der Waals surface area contributed by atoms with Gasteiger partial charge >= 0.3 is 0 Å². The minimum Gasteiger partial charge on any atom is -0.372 e. The number of rotatable bonds is 10. The lowest BCUT2D eigenvalue weighted by Gasteiger charge is -2.26. The van der Waals surface area contributed by atoms with Gasteiger partial charge in [0.25, 0.3) is 0 Å². The molecule has 0 saturated heterocycles. The Balaban J connectivity index is 1.59. The molecule has 3 aromatic carbocycles. The van der Waals surface area contributed by atoms with Gasteiger partial charge in [0.1, 0.15) is 0 Å². The van der Waals surface area contributed by atoms with Crippen molar-refractivity contribution in [3.8, 4) is 0 Å². The maximum Gasteiger partial charge on any atom is 0.0832 e. The van der Waals surface area contributed by atoms with Gasteiger partial charge in [-0.1, -0.05) is 42.5 Å². The molecule has 0 radical (unpaired) electrons. The number of hydrogen-bond donors (Lipinski definition) is 0. The van der Waals surface area contributed by atoms with Crippen molar-refractivity contribution in [3.63, 3.8) is 0 Å². The smallest absolute Gasteiger partial charge is 0.0832 e. The van der Waals surface area contributed by atoms with Crippen LogP contribution in [0.15, 0.2) is 84.0 Å². The molecule has 1 aliphatic heterocycles. The van der Waals surface area contributed by atoms with Gasteiger partial charge in [-0.05, 0) is 104 Å². The van der Waals surface area contributed by atoms with Crippen LogP contribution >= 0.6 is 22.6 Å². The minimum atomic E-state index is 0.177. The lowest BCUT2D eigenvalue weighted by Crippen LogP contribution is -2.22. The molecule has 0 saturated carbocycles. The van der Waals surface area contributed by atoms with Crippen LogP contribution < -0.4 is 14.8 Å². The van der Waals surface area contributed by atoms with Crippen LogP contribution in [0.1, 0.15) is 51.3 Å². The Morgan fingerprint density at radius 3 is 1.89 bits per heavy atom. The fourth-order valence-electron chi connectivity index (χ4n) is 4.83. The standard InChI is InChI=1S/C31H37IN4/c1-5-34(6-2)27-19-14-24(15-20-27)13-18-26-23-31(36(33-26)30-12-10-9-11-29(30)32)25-16-21-28(22-17-25)35(7-3)8-4/h9-22,31H,5-8,23H2,1-4H3. The third-order valence-corrected chi connectivity index (χ3v) is 7.84. The van der Waals surface area contributed by atoms with Crippen LogP contribution in [0.2, 0.25) is 0 Å². The van der Waals surface area contributed by atoms with Gasteiger partial charge in [0.05, 0.1) is 17.4 Å². The van der Waals surface area contributed by atoms with Crippen molar-refractivity contribution in [2.24, 2.45) is 5.10 Å². The summed E-state index contributed by atoms with van der Waals surface area (Å²) in [6.45, 7) is 12.9. The average molecular weight is 593 g/mol. The van der Waals surface area contributed by atoms with Crippen LogP contribution in [0.5, 0.6) is 0 Å². The van der Waals surface area contributed by atoms with E-state index >= 15 is 0 Å². The fourth-order valence-corrected chi connectivity index (χ4v) is 5.46. The van der Waals surface area contributed by atoms with Crippen molar-refractivity contribution in [3.05, 3.63) is 93.6 Å². The number of halogens is 1. The fraction of sp³-hybridized carbons (Fsp3) is 0.323. The highest BCUT2D eigenvalue weighted by molar-refractivity contribution is 14.1. The third-order valence-electron chi connectivity index (χ3n) is 6.93. The predicted octanol–water partition coefficient (Wildman–Crippen LogP) is 8.00. The Bertz CT molecular complexity index is 1180. The van der Waals surface area contributed by atoms with Crippen LogP contribution in [0.25, 0.3) is 6.08 Å². The Morgan fingerprint density at radius 2 is 1.33 bits per heavy atom. The van der Waals surface area contributed by atoms with E-state index in [-0.39, 0.29) is 6.04 Å². The molecule has 1 unspecified atom stereocenters. The summed E-state index contributed by atoms with van der Waals surface area (Å²) in [6, 6.07) is 26.5. The number of hydrazone groups is 1. The van der Waals surface area contributed by atoms with Gasteiger partial charge in [-0.3, -0.25) is 5.01 Å². The monoisotopic (exact) mass is 592 g/mol. The summed E-state index contributed by atoms with van der Waals surface area (Å²) in [5.41, 5.74) is 7.29. The van der Waals surface area contributed by atoms with Crippen LogP contribution in [0, 0.1) is 3.57 Å². The van der Waals surface area contributed by atoms with Crippen molar-refractivity contribution in [1.29, 1.82) is 0 Å². The van der Waals surface area contributed by atoms with Crippen LogP contribution in [-0.2, 0) is 0 Å². The first kappa shape index (κ1) is 26.3. The zero-order valence-electron chi connectivity index (χ0n) is 21.9. The number of nitrogens with zero attached hydrogens (tertiary/aromatic N) is 4. The summed E-state index contributed by atoms with van der Waals surface area (Å²) < 4.78 is 1.21. The molecule has 4 nitrogen and oxygen atoms in total. The van der Waals surface area contributed by atoms with E-state index in [1.807, 2.05) is 0 Å². The van der Waals surface area contributed by atoms with Crippen molar-refractivity contribution in [1.82, 2.24) is 0 Å². The first-order valence-electron chi connectivity index (χ1n) is 13.1. The van der Waals surface area contributed by atoms with Crippen LogP contribution in [0.4, 0.5) is 17.1 Å². The summed E-state index contributed by atoms with van der Waals surface area (Å²) in [5, 5.41) is 7.30. The molecule has 0 aromatic heterocycles. The van der Waals surface area contributed by atoms with E-state index in [9.17, 15) is 0 Å². The van der Waals surface area contributed by atoms with Gasteiger partial charge in [0.15, 0.2) is 0 Å². The largest absolute Gasteiger partial charge is 0.372 e. The minimum absolute atomic E-state index is 0.177. The third kappa shape index (κ3) is 5.94. The molecule has 188 valence electrons. The van der Waals surface area contributed by atoms with Crippen LogP contribution in [0.3, 0.4) is 0 Å². The first-order chi connectivity index (χ1) is 17.6. The number of benzene rings is 3. The normalized spacial score (nSPS) is 15.4. The molecular formula is C31H37IN4. The van der Waals surface area contributed by atoms with E-state index < -0.39 is 0 Å². The highest BCUT2D eigenvalue weighted by Crippen LogP contribution is 2.38. The van der Waals surface area contributed by atoms with E-state index in [2.05, 4.69) is 150 Å². The molecule has 4 rings (SSSR count).